The summed E-state index contributed by atoms with van der Waals surface area (Å²) in [5.41, 5.74) is 1.64. The third-order valence-corrected chi connectivity index (χ3v) is 12.2. The van der Waals surface area contributed by atoms with Gasteiger partial charge in [0, 0.05) is 30.1 Å². The number of carbonyl (C=O) groups is 1. The van der Waals surface area contributed by atoms with Gasteiger partial charge in [-0.25, -0.2) is 0 Å². The Morgan fingerprint density at radius 2 is 1.97 bits per heavy atom. The van der Waals surface area contributed by atoms with Crippen LogP contribution < -0.4 is 0 Å². The molecule has 35 heavy (non-hydrogen) atoms. The van der Waals surface area contributed by atoms with E-state index in [4.69, 9.17) is 18.9 Å². The van der Waals surface area contributed by atoms with Gasteiger partial charge in [-0.3, -0.25) is 4.79 Å². The molecular weight excluding hydrogens is 440 g/mol. The van der Waals surface area contributed by atoms with Crippen molar-refractivity contribution in [2.45, 2.75) is 116 Å². The molecule has 0 bridgehead atoms. The fourth-order valence-electron chi connectivity index (χ4n) is 10.1. The standard InChI is InChI=1S/C30H44O5/c1-6-26(31)34-25-13-20-19(8-7-18-11-22-24(33-22)14-28(18,20)4)21-12-23-27(29(21,25)5)17(3)30(35-23)10-9-16(2)15-32-30/h12,16-20,22-25,27H,6-11,13-15H2,1-5H3/t16-,17-,18-,19+,20-,22-,23-,24+,25-,27-,28-,29+,30+/m0/s1. The third-order valence-electron chi connectivity index (χ3n) is 12.2. The van der Waals surface area contributed by atoms with Gasteiger partial charge in [-0.2, -0.15) is 0 Å². The van der Waals surface area contributed by atoms with Gasteiger partial charge in [0.2, 0.25) is 0 Å². The van der Waals surface area contributed by atoms with Gasteiger partial charge in [-0.15, -0.1) is 0 Å². The zero-order chi connectivity index (χ0) is 24.3. The smallest absolute Gasteiger partial charge is 0.305 e. The lowest BCUT2D eigenvalue weighted by atomic mass is 9.45. The van der Waals surface area contributed by atoms with E-state index in [1.54, 1.807) is 5.57 Å². The van der Waals surface area contributed by atoms with E-state index in [2.05, 4.69) is 33.8 Å². The quantitative estimate of drug-likeness (QED) is 0.287. The molecule has 0 N–H and O–H groups in total. The summed E-state index contributed by atoms with van der Waals surface area (Å²) >= 11 is 0. The minimum Gasteiger partial charge on any atom is -0.461 e. The zero-order valence-electron chi connectivity index (χ0n) is 22.3. The zero-order valence-corrected chi connectivity index (χ0v) is 22.3. The van der Waals surface area contributed by atoms with Crippen LogP contribution in [-0.2, 0) is 23.7 Å². The Hall–Kier alpha value is -0.910. The van der Waals surface area contributed by atoms with Gasteiger partial charge in [0.15, 0.2) is 5.79 Å². The third kappa shape index (κ3) is 3.07. The molecule has 0 aromatic rings. The molecule has 0 radical (unpaired) electrons. The van der Waals surface area contributed by atoms with Crippen LogP contribution in [0, 0.1) is 46.3 Å². The van der Waals surface area contributed by atoms with Gasteiger partial charge in [0.1, 0.15) is 6.10 Å². The maximum Gasteiger partial charge on any atom is 0.305 e. The van der Waals surface area contributed by atoms with Crippen molar-refractivity contribution in [2.75, 3.05) is 6.61 Å². The molecule has 3 heterocycles. The van der Waals surface area contributed by atoms with Gasteiger partial charge in [-0.1, -0.05) is 46.3 Å². The van der Waals surface area contributed by atoms with Gasteiger partial charge in [0.05, 0.1) is 24.9 Å². The van der Waals surface area contributed by atoms with Crippen molar-refractivity contribution in [1.82, 2.24) is 0 Å². The Balaban J connectivity index is 1.27. The average molecular weight is 485 g/mol. The van der Waals surface area contributed by atoms with Crippen LogP contribution in [-0.4, -0.2) is 42.8 Å². The average Bonchev–Trinajstić information content (AvgIpc) is 3.43. The molecule has 3 saturated heterocycles. The molecule has 0 aromatic carbocycles. The molecule has 5 heteroatoms. The number of epoxide rings is 1. The van der Waals surface area contributed by atoms with Crippen LogP contribution >= 0.6 is 0 Å². The lowest BCUT2D eigenvalue weighted by Gasteiger charge is -2.60. The highest BCUT2D eigenvalue weighted by Gasteiger charge is 2.70. The van der Waals surface area contributed by atoms with Gasteiger partial charge in [0.25, 0.3) is 0 Å². The monoisotopic (exact) mass is 484 g/mol. The van der Waals surface area contributed by atoms with Crippen molar-refractivity contribution < 1.29 is 23.7 Å². The lowest BCUT2D eigenvalue weighted by molar-refractivity contribution is -0.265. The molecule has 194 valence electrons. The highest BCUT2D eigenvalue weighted by atomic mass is 16.7. The van der Waals surface area contributed by atoms with Crippen molar-refractivity contribution >= 4 is 5.97 Å². The van der Waals surface area contributed by atoms with Crippen molar-refractivity contribution in [1.29, 1.82) is 0 Å². The van der Waals surface area contributed by atoms with Crippen LogP contribution in [0.15, 0.2) is 11.6 Å². The van der Waals surface area contributed by atoms with Crippen molar-refractivity contribution in [2.24, 2.45) is 46.3 Å². The summed E-state index contributed by atoms with van der Waals surface area (Å²) in [6, 6.07) is 0. The number of esters is 1. The Labute approximate surface area is 210 Å². The van der Waals surface area contributed by atoms with Crippen molar-refractivity contribution in [3.8, 4) is 0 Å². The molecule has 3 saturated carbocycles. The van der Waals surface area contributed by atoms with Gasteiger partial charge in [-0.05, 0) is 67.6 Å². The SMILES string of the molecule is CCC(=O)O[C@H]1C[C@H]2[C@@H](CC[C@H]3C[C@@H]4O[C@@H]4C[C@@]32C)C2=C[C@@H]3O[C@]4(CC[C@H](C)CO4)[C@@H](C)[C@@H]3[C@]21C. The molecule has 5 nitrogen and oxygen atoms in total. The highest BCUT2D eigenvalue weighted by molar-refractivity contribution is 5.69. The summed E-state index contributed by atoms with van der Waals surface area (Å²) in [7, 11) is 0. The molecule has 1 spiro atoms. The van der Waals surface area contributed by atoms with Crippen LogP contribution in [0.2, 0.25) is 0 Å². The van der Waals surface area contributed by atoms with E-state index < -0.39 is 5.79 Å². The Bertz CT molecular complexity index is 935. The first kappa shape index (κ1) is 23.2. The van der Waals surface area contributed by atoms with Crippen LogP contribution in [0.5, 0.6) is 0 Å². The Kier molecular flexibility index (Phi) is 5.02. The number of carbonyl (C=O) groups excluding carboxylic acids is 1. The minimum absolute atomic E-state index is 0.0618. The summed E-state index contributed by atoms with van der Waals surface area (Å²) in [5.74, 6) is 2.48. The molecule has 0 unspecified atom stereocenters. The molecule has 4 aliphatic carbocycles. The second-order valence-electron chi connectivity index (χ2n) is 13.8. The molecular formula is C30H44O5. The number of rotatable bonds is 2. The maximum absolute atomic E-state index is 12.8. The van der Waals surface area contributed by atoms with Crippen LogP contribution in [0.4, 0.5) is 0 Å². The molecule has 3 aliphatic heterocycles. The van der Waals surface area contributed by atoms with Crippen LogP contribution in [0.25, 0.3) is 0 Å². The van der Waals surface area contributed by atoms with Crippen molar-refractivity contribution in [3.05, 3.63) is 11.6 Å². The predicted molar refractivity (Wildman–Crippen MR) is 131 cm³/mol. The molecule has 0 aromatic heterocycles. The number of ether oxygens (including phenoxy) is 4. The van der Waals surface area contributed by atoms with E-state index in [1.807, 2.05) is 6.92 Å². The minimum atomic E-state index is -0.478. The Morgan fingerprint density at radius 3 is 2.71 bits per heavy atom. The van der Waals surface area contributed by atoms with E-state index in [0.717, 1.165) is 31.8 Å². The Morgan fingerprint density at radius 1 is 1.14 bits per heavy atom. The number of fused-ring (bicyclic) bond motifs is 8. The summed E-state index contributed by atoms with van der Waals surface area (Å²) in [6.07, 6.45) is 11.9. The highest BCUT2D eigenvalue weighted by Crippen LogP contribution is 2.70. The van der Waals surface area contributed by atoms with Crippen molar-refractivity contribution in [3.63, 3.8) is 0 Å². The first-order valence-corrected chi connectivity index (χ1v) is 14.6. The fraction of sp³-hybridized carbons (Fsp3) is 0.900. The molecule has 13 atom stereocenters. The first-order valence-electron chi connectivity index (χ1n) is 14.6. The summed E-state index contributed by atoms with van der Waals surface area (Å²) in [6.45, 7) is 12.3. The normalized spacial score (nSPS) is 57.9. The summed E-state index contributed by atoms with van der Waals surface area (Å²) in [5, 5.41) is 0. The number of hydrogen-bond acceptors (Lipinski definition) is 5. The van der Waals surface area contributed by atoms with E-state index in [-0.39, 0.29) is 34.9 Å². The second-order valence-corrected chi connectivity index (χ2v) is 13.8. The molecule has 7 rings (SSSR count). The van der Waals surface area contributed by atoms with E-state index in [0.29, 0.717) is 42.3 Å². The lowest BCUT2D eigenvalue weighted by Crippen LogP contribution is -2.58. The molecule has 0 amide bonds. The largest absolute Gasteiger partial charge is 0.461 e. The summed E-state index contributed by atoms with van der Waals surface area (Å²) in [4.78, 5) is 12.8. The van der Waals surface area contributed by atoms with E-state index >= 15 is 0 Å². The molecule has 6 fully saturated rings. The van der Waals surface area contributed by atoms with Crippen LogP contribution in [0.1, 0.15) is 86.0 Å². The van der Waals surface area contributed by atoms with Gasteiger partial charge < -0.3 is 18.9 Å². The van der Waals surface area contributed by atoms with E-state index in [1.165, 1.54) is 25.7 Å². The second kappa shape index (κ2) is 7.57. The maximum atomic E-state index is 12.8. The molecule has 7 aliphatic rings. The van der Waals surface area contributed by atoms with E-state index in [9.17, 15) is 4.79 Å². The topological polar surface area (TPSA) is 57.3 Å². The van der Waals surface area contributed by atoms with Crippen LogP contribution in [0.3, 0.4) is 0 Å². The summed E-state index contributed by atoms with van der Waals surface area (Å²) < 4.78 is 25.8. The fourth-order valence-corrected chi connectivity index (χ4v) is 10.1. The first-order chi connectivity index (χ1) is 16.7. The predicted octanol–water partition coefficient (Wildman–Crippen LogP) is 5.66. The number of hydrogen-bond donors (Lipinski definition) is 0. The van der Waals surface area contributed by atoms with Gasteiger partial charge >= 0.3 is 5.97 Å².